The number of morpholine rings is 1. The third kappa shape index (κ3) is 3.23. The fourth-order valence-electron chi connectivity index (χ4n) is 2.67. The van der Waals surface area contributed by atoms with E-state index in [9.17, 15) is 10.1 Å². The van der Waals surface area contributed by atoms with Crippen molar-refractivity contribution in [2.75, 3.05) is 24.7 Å². The van der Waals surface area contributed by atoms with E-state index in [0.29, 0.717) is 13.2 Å². The second kappa shape index (κ2) is 6.53. The minimum absolute atomic E-state index is 0.0108. The van der Waals surface area contributed by atoms with Gasteiger partial charge in [-0.25, -0.2) is 4.98 Å². The Hall–Kier alpha value is -2.47. The molecule has 1 saturated heterocycles. The van der Waals surface area contributed by atoms with Gasteiger partial charge in [0, 0.05) is 12.6 Å². The number of benzene rings is 1. The Morgan fingerprint density at radius 2 is 2.09 bits per heavy atom. The summed E-state index contributed by atoms with van der Waals surface area (Å²) in [6, 6.07) is 13.6. The third-order valence-corrected chi connectivity index (χ3v) is 3.78. The van der Waals surface area contributed by atoms with Crippen molar-refractivity contribution in [3.8, 4) is 0 Å². The number of hydrogen-bond acceptors (Lipinski definition) is 5. The molecule has 1 unspecified atom stereocenters. The van der Waals surface area contributed by atoms with Crippen molar-refractivity contribution >= 4 is 11.5 Å². The van der Waals surface area contributed by atoms with Gasteiger partial charge >= 0.3 is 0 Å². The topological polar surface area (TPSA) is 68.5 Å². The average Bonchev–Trinajstić information content (AvgIpc) is 2.56. The first-order valence-corrected chi connectivity index (χ1v) is 7.23. The molecule has 2 heterocycles. The Morgan fingerprint density at radius 1 is 1.27 bits per heavy atom. The summed E-state index contributed by atoms with van der Waals surface area (Å²) in [5.74, 6) is 0.759. The smallest absolute Gasteiger partial charge is 0.287 e. The summed E-state index contributed by atoms with van der Waals surface area (Å²) in [6.07, 6.45) is 2.17. The van der Waals surface area contributed by atoms with Crippen LogP contribution in [0, 0.1) is 10.1 Å². The Kier molecular flexibility index (Phi) is 4.29. The quantitative estimate of drug-likeness (QED) is 0.640. The lowest BCUT2D eigenvalue weighted by Gasteiger charge is -2.36. The summed E-state index contributed by atoms with van der Waals surface area (Å²) >= 11 is 0. The van der Waals surface area contributed by atoms with Crippen LogP contribution in [-0.2, 0) is 11.2 Å². The van der Waals surface area contributed by atoms with Gasteiger partial charge in [-0.3, -0.25) is 10.1 Å². The second-order valence-electron chi connectivity index (χ2n) is 5.24. The van der Waals surface area contributed by atoms with Gasteiger partial charge in [0.2, 0.25) is 0 Å². The first-order valence-electron chi connectivity index (χ1n) is 7.23. The fraction of sp³-hybridized carbons (Fsp3) is 0.312. The molecule has 1 aliphatic rings. The van der Waals surface area contributed by atoms with Gasteiger partial charge in [-0.1, -0.05) is 30.3 Å². The van der Waals surface area contributed by atoms with E-state index in [-0.39, 0.29) is 11.7 Å². The number of ether oxygens (including phenoxy) is 1. The second-order valence-corrected chi connectivity index (χ2v) is 5.24. The molecule has 1 atom stereocenters. The van der Waals surface area contributed by atoms with Crippen molar-refractivity contribution in [1.29, 1.82) is 0 Å². The zero-order valence-electron chi connectivity index (χ0n) is 12.1. The zero-order valence-corrected chi connectivity index (χ0v) is 12.1. The van der Waals surface area contributed by atoms with Crippen molar-refractivity contribution in [1.82, 2.24) is 4.98 Å². The van der Waals surface area contributed by atoms with Crippen molar-refractivity contribution in [2.45, 2.75) is 12.5 Å². The van der Waals surface area contributed by atoms with Gasteiger partial charge in [0.1, 0.15) is 12.0 Å². The molecule has 0 spiro atoms. The molecular weight excluding hydrogens is 282 g/mol. The molecule has 1 fully saturated rings. The van der Waals surface area contributed by atoms with Crippen LogP contribution in [0.2, 0.25) is 0 Å². The van der Waals surface area contributed by atoms with Crippen molar-refractivity contribution in [3.63, 3.8) is 0 Å². The summed E-state index contributed by atoms with van der Waals surface area (Å²) in [7, 11) is 0. The van der Waals surface area contributed by atoms with E-state index in [1.54, 1.807) is 6.07 Å². The molecule has 2 aromatic rings. The van der Waals surface area contributed by atoms with E-state index >= 15 is 0 Å². The van der Waals surface area contributed by atoms with E-state index in [1.807, 2.05) is 18.2 Å². The maximum Gasteiger partial charge on any atom is 0.287 e. The first kappa shape index (κ1) is 14.5. The Bertz CT molecular complexity index is 631. The summed E-state index contributed by atoms with van der Waals surface area (Å²) in [4.78, 5) is 16.7. The molecule has 0 amide bonds. The molecular formula is C16H17N3O3. The number of rotatable bonds is 4. The molecule has 0 aliphatic carbocycles. The van der Waals surface area contributed by atoms with Crippen molar-refractivity contribution < 1.29 is 9.66 Å². The summed E-state index contributed by atoms with van der Waals surface area (Å²) < 4.78 is 5.59. The van der Waals surface area contributed by atoms with E-state index in [1.165, 1.54) is 17.8 Å². The zero-order chi connectivity index (χ0) is 15.4. The molecule has 1 aliphatic heterocycles. The predicted molar refractivity (Wildman–Crippen MR) is 83.0 cm³/mol. The number of anilines is 1. The standard InChI is InChI=1S/C16H17N3O3/c20-19(21)14-6-7-16(17-11-14)18-8-9-22-12-15(18)10-13-4-2-1-3-5-13/h1-7,11,15H,8-10,12H2. The lowest BCUT2D eigenvalue weighted by molar-refractivity contribution is -0.385. The number of nitrogens with zero attached hydrogens (tertiary/aromatic N) is 3. The van der Waals surface area contributed by atoms with Crippen LogP contribution >= 0.6 is 0 Å². The lowest BCUT2D eigenvalue weighted by Crippen LogP contribution is -2.47. The number of hydrogen-bond donors (Lipinski definition) is 0. The van der Waals surface area contributed by atoms with Gasteiger partial charge in [-0.2, -0.15) is 0 Å². The highest BCUT2D eigenvalue weighted by molar-refractivity contribution is 5.44. The number of aromatic nitrogens is 1. The highest BCUT2D eigenvalue weighted by atomic mass is 16.6. The van der Waals surface area contributed by atoms with Crippen LogP contribution in [0.15, 0.2) is 48.7 Å². The molecule has 6 heteroatoms. The molecule has 0 N–H and O–H groups in total. The highest BCUT2D eigenvalue weighted by Gasteiger charge is 2.24. The highest BCUT2D eigenvalue weighted by Crippen LogP contribution is 2.22. The van der Waals surface area contributed by atoms with Gasteiger partial charge in [-0.15, -0.1) is 0 Å². The van der Waals surface area contributed by atoms with Gasteiger partial charge in [0.25, 0.3) is 5.69 Å². The number of nitro groups is 1. The fourth-order valence-corrected chi connectivity index (χ4v) is 2.67. The molecule has 1 aromatic heterocycles. The van der Waals surface area contributed by atoms with Crippen molar-refractivity contribution in [2.24, 2.45) is 0 Å². The maximum absolute atomic E-state index is 10.7. The van der Waals surface area contributed by atoms with Crippen LogP contribution in [-0.4, -0.2) is 35.7 Å². The SMILES string of the molecule is O=[N+]([O-])c1ccc(N2CCOCC2Cc2ccccc2)nc1. The third-order valence-electron chi connectivity index (χ3n) is 3.78. The first-order chi connectivity index (χ1) is 10.7. The van der Waals surface area contributed by atoms with Crippen molar-refractivity contribution in [3.05, 3.63) is 64.3 Å². The summed E-state index contributed by atoms with van der Waals surface area (Å²) in [5, 5.41) is 10.7. The van der Waals surface area contributed by atoms with Crippen LogP contribution in [0.5, 0.6) is 0 Å². The van der Waals surface area contributed by atoms with Crippen LogP contribution in [0.3, 0.4) is 0 Å². The van der Waals surface area contributed by atoms with Crippen LogP contribution in [0.1, 0.15) is 5.56 Å². The lowest BCUT2D eigenvalue weighted by atomic mass is 10.0. The molecule has 0 saturated carbocycles. The van der Waals surface area contributed by atoms with Crippen LogP contribution < -0.4 is 4.90 Å². The molecule has 3 rings (SSSR count). The largest absolute Gasteiger partial charge is 0.377 e. The Morgan fingerprint density at radius 3 is 2.77 bits per heavy atom. The van der Waals surface area contributed by atoms with E-state index < -0.39 is 4.92 Å². The van der Waals surface area contributed by atoms with Gasteiger partial charge < -0.3 is 9.64 Å². The summed E-state index contributed by atoms with van der Waals surface area (Å²) in [5.41, 5.74) is 1.25. The predicted octanol–water partition coefficient (Wildman–Crippen LogP) is 2.44. The molecule has 0 bridgehead atoms. The molecule has 22 heavy (non-hydrogen) atoms. The molecule has 1 aromatic carbocycles. The molecule has 0 radical (unpaired) electrons. The normalized spacial score (nSPS) is 18.2. The monoisotopic (exact) mass is 299 g/mol. The molecule has 6 nitrogen and oxygen atoms in total. The van der Waals surface area contributed by atoms with Crippen LogP contribution in [0.4, 0.5) is 11.5 Å². The van der Waals surface area contributed by atoms with E-state index in [2.05, 4.69) is 22.0 Å². The van der Waals surface area contributed by atoms with Gasteiger partial charge in [0.05, 0.1) is 24.2 Å². The van der Waals surface area contributed by atoms with Crippen LogP contribution in [0.25, 0.3) is 0 Å². The van der Waals surface area contributed by atoms with E-state index in [0.717, 1.165) is 18.8 Å². The minimum atomic E-state index is -0.433. The maximum atomic E-state index is 10.7. The van der Waals surface area contributed by atoms with Gasteiger partial charge in [0.15, 0.2) is 0 Å². The summed E-state index contributed by atoms with van der Waals surface area (Å²) in [6.45, 7) is 2.01. The average molecular weight is 299 g/mol. The Labute approximate surface area is 128 Å². The number of pyridine rings is 1. The van der Waals surface area contributed by atoms with Gasteiger partial charge in [-0.05, 0) is 18.1 Å². The Balaban J connectivity index is 1.78. The minimum Gasteiger partial charge on any atom is -0.377 e. The van der Waals surface area contributed by atoms with E-state index in [4.69, 9.17) is 4.74 Å². The molecule has 114 valence electrons.